The molecule has 27 heavy (non-hydrogen) atoms. The summed E-state index contributed by atoms with van der Waals surface area (Å²) in [6.07, 6.45) is 1.78. The normalized spacial score (nSPS) is 10.4. The van der Waals surface area contributed by atoms with Crippen molar-refractivity contribution in [3.63, 3.8) is 0 Å². The summed E-state index contributed by atoms with van der Waals surface area (Å²) in [7, 11) is 0. The fourth-order valence-corrected chi connectivity index (χ4v) is 2.73. The van der Waals surface area contributed by atoms with E-state index in [1.54, 1.807) is 12.1 Å². The molecule has 1 heterocycles. The van der Waals surface area contributed by atoms with Gasteiger partial charge in [0.1, 0.15) is 12.4 Å². The van der Waals surface area contributed by atoms with Crippen LogP contribution in [0, 0.1) is 6.92 Å². The van der Waals surface area contributed by atoms with Gasteiger partial charge in [0.2, 0.25) is 0 Å². The highest BCUT2D eigenvalue weighted by molar-refractivity contribution is 5.93. The number of nitrogens with zero attached hydrogens (tertiary/aromatic N) is 1. The second-order valence-corrected chi connectivity index (χ2v) is 6.12. The van der Waals surface area contributed by atoms with Crippen molar-refractivity contribution in [2.45, 2.75) is 20.5 Å². The Morgan fingerprint density at radius 1 is 1.26 bits per heavy atom. The van der Waals surface area contributed by atoms with Crippen LogP contribution in [-0.2, 0) is 6.61 Å². The zero-order chi connectivity index (χ0) is 19.2. The van der Waals surface area contributed by atoms with Crippen LogP contribution in [0.1, 0.15) is 34.1 Å². The molecule has 0 unspecified atom stereocenters. The number of rotatable bonds is 7. The van der Waals surface area contributed by atoms with Crippen molar-refractivity contribution < 1.29 is 14.1 Å². The van der Waals surface area contributed by atoms with Crippen LogP contribution >= 0.6 is 0 Å². The number of aromatic nitrogens is 1. The Labute approximate surface area is 158 Å². The van der Waals surface area contributed by atoms with Crippen LogP contribution in [0.3, 0.4) is 0 Å². The van der Waals surface area contributed by atoms with Gasteiger partial charge in [-0.25, -0.2) is 0 Å². The number of aryl methyl sites for hydroxylation is 1. The highest BCUT2D eigenvalue weighted by Gasteiger charge is 2.17. The van der Waals surface area contributed by atoms with Gasteiger partial charge in [0, 0.05) is 12.6 Å². The van der Waals surface area contributed by atoms with Crippen LogP contribution < -0.4 is 10.1 Å². The Morgan fingerprint density at radius 2 is 2.04 bits per heavy atom. The minimum absolute atomic E-state index is 0.238. The summed E-state index contributed by atoms with van der Waals surface area (Å²) in [6.45, 7) is 8.66. The van der Waals surface area contributed by atoms with E-state index in [4.69, 9.17) is 9.26 Å². The zero-order valence-corrected chi connectivity index (χ0v) is 15.5. The molecule has 1 N–H and O–H groups in total. The minimum Gasteiger partial charge on any atom is -0.488 e. The first kappa shape index (κ1) is 18.5. The van der Waals surface area contributed by atoms with Crippen molar-refractivity contribution in [1.82, 2.24) is 10.5 Å². The Hall–Kier alpha value is -3.34. The van der Waals surface area contributed by atoms with Crippen LogP contribution in [0.2, 0.25) is 0 Å². The topological polar surface area (TPSA) is 64.4 Å². The fourth-order valence-electron chi connectivity index (χ4n) is 2.73. The van der Waals surface area contributed by atoms with Crippen molar-refractivity contribution in [1.29, 1.82) is 0 Å². The number of hydrogen-bond acceptors (Lipinski definition) is 4. The molecule has 5 nitrogen and oxygen atoms in total. The molecule has 0 spiro atoms. The van der Waals surface area contributed by atoms with Gasteiger partial charge in [-0.2, -0.15) is 0 Å². The quantitative estimate of drug-likeness (QED) is 0.666. The van der Waals surface area contributed by atoms with Gasteiger partial charge in [0.05, 0.1) is 5.56 Å². The molecule has 0 bridgehead atoms. The molecule has 0 radical (unpaired) electrons. The molecule has 3 rings (SSSR count). The van der Waals surface area contributed by atoms with E-state index in [-0.39, 0.29) is 11.6 Å². The molecule has 0 saturated carbocycles. The van der Waals surface area contributed by atoms with E-state index in [9.17, 15) is 4.79 Å². The molecular weight excluding hydrogens is 340 g/mol. The molecule has 0 aliphatic carbocycles. The maximum Gasteiger partial charge on any atom is 0.273 e. The molecule has 0 aliphatic heterocycles. The highest BCUT2D eigenvalue weighted by Crippen LogP contribution is 2.34. The number of carbonyl (C=O) groups excluding carboxylic acids is 1. The number of benzene rings is 2. The molecule has 0 aliphatic rings. The lowest BCUT2D eigenvalue weighted by molar-refractivity contribution is 0.0947. The molecule has 5 heteroatoms. The van der Waals surface area contributed by atoms with Gasteiger partial charge in [0.15, 0.2) is 11.5 Å². The Balaban J connectivity index is 1.95. The molecule has 1 aromatic heterocycles. The molecular formula is C22H22N2O3. The van der Waals surface area contributed by atoms with Gasteiger partial charge in [-0.05, 0) is 42.7 Å². The van der Waals surface area contributed by atoms with Crippen LogP contribution in [-0.4, -0.2) is 17.6 Å². The maximum atomic E-state index is 12.0. The summed E-state index contributed by atoms with van der Waals surface area (Å²) in [5.41, 5.74) is 4.04. The Bertz CT molecular complexity index is 945. The van der Waals surface area contributed by atoms with Crippen molar-refractivity contribution in [3.8, 4) is 17.1 Å². The summed E-state index contributed by atoms with van der Waals surface area (Å²) < 4.78 is 11.5. The SMILES string of the molecule is C=Cc1cc(-c2cc(C(=O)NCC)no2)c(OCc2ccccc2)cc1C. The van der Waals surface area contributed by atoms with Gasteiger partial charge in [0.25, 0.3) is 5.91 Å². The predicted molar refractivity (Wildman–Crippen MR) is 106 cm³/mol. The van der Waals surface area contributed by atoms with Crippen molar-refractivity contribution in [2.75, 3.05) is 6.54 Å². The van der Waals surface area contributed by atoms with Crippen LogP contribution in [0.4, 0.5) is 0 Å². The first-order valence-corrected chi connectivity index (χ1v) is 8.81. The smallest absolute Gasteiger partial charge is 0.273 e. The van der Waals surface area contributed by atoms with Gasteiger partial charge < -0.3 is 14.6 Å². The monoisotopic (exact) mass is 362 g/mol. The highest BCUT2D eigenvalue weighted by atomic mass is 16.5. The number of ether oxygens (including phenoxy) is 1. The molecule has 0 atom stereocenters. The minimum atomic E-state index is -0.268. The van der Waals surface area contributed by atoms with Gasteiger partial charge >= 0.3 is 0 Å². The molecule has 3 aromatic rings. The summed E-state index contributed by atoms with van der Waals surface area (Å²) in [6, 6.07) is 15.4. The third-order valence-electron chi connectivity index (χ3n) is 4.17. The molecule has 0 saturated heterocycles. The van der Waals surface area contributed by atoms with Crippen molar-refractivity contribution in [3.05, 3.63) is 77.5 Å². The Kier molecular flexibility index (Phi) is 5.71. The first-order valence-electron chi connectivity index (χ1n) is 8.81. The average molecular weight is 362 g/mol. The van der Waals surface area contributed by atoms with Crippen LogP contribution in [0.5, 0.6) is 5.75 Å². The molecule has 138 valence electrons. The van der Waals surface area contributed by atoms with Crippen molar-refractivity contribution >= 4 is 12.0 Å². The third kappa shape index (κ3) is 4.26. The Morgan fingerprint density at radius 3 is 2.74 bits per heavy atom. The van der Waals surface area contributed by atoms with E-state index in [0.29, 0.717) is 24.7 Å². The number of carbonyl (C=O) groups is 1. The first-order chi connectivity index (χ1) is 13.1. The summed E-state index contributed by atoms with van der Waals surface area (Å²) in [4.78, 5) is 12.0. The lowest BCUT2D eigenvalue weighted by Crippen LogP contribution is -2.22. The number of nitrogens with one attached hydrogen (secondary N) is 1. The number of hydrogen-bond donors (Lipinski definition) is 1. The predicted octanol–water partition coefficient (Wildman–Crippen LogP) is 4.62. The second kappa shape index (κ2) is 8.36. The van der Waals surface area contributed by atoms with E-state index in [0.717, 1.165) is 22.3 Å². The summed E-state index contributed by atoms with van der Waals surface area (Å²) in [5.74, 6) is 0.873. The van der Waals surface area contributed by atoms with Gasteiger partial charge in [-0.15, -0.1) is 0 Å². The molecule has 1 amide bonds. The second-order valence-electron chi connectivity index (χ2n) is 6.12. The summed E-state index contributed by atoms with van der Waals surface area (Å²) >= 11 is 0. The standard InChI is InChI=1S/C22H22N2O3/c1-4-17-12-18(21-13-19(24-27-21)22(25)23-5-2)20(11-15(17)3)26-14-16-9-7-6-8-10-16/h4,6-13H,1,5,14H2,2-3H3,(H,23,25). The van der Waals surface area contributed by atoms with Crippen LogP contribution in [0.15, 0.2) is 59.6 Å². The maximum absolute atomic E-state index is 12.0. The van der Waals surface area contributed by atoms with E-state index in [2.05, 4.69) is 17.1 Å². The average Bonchev–Trinajstić information content (AvgIpc) is 3.17. The molecule has 2 aromatic carbocycles. The lowest BCUT2D eigenvalue weighted by Gasteiger charge is -2.13. The third-order valence-corrected chi connectivity index (χ3v) is 4.17. The summed E-state index contributed by atoms with van der Waals surface area (Å²) in [5, 5.41) is 6.59. The van der Waals surface area contributed by atoms with Gasteiger partial charge in [-0.1, -0.05) is 48.1 Å². The number of amides is 1. The van der Waals surface area contributed by atoms with E-state index < -0.39 is 0 Å². The zero-order valence-electron chi connectivity index (χ0n) is 15.5. The lowest BCUT2D eigenvalue weighted by atomic mass is 10.0. The van der Waals surface area contributed by atoms with Crippen LogP contribution in [0.25, 0.3) is 17.4 Å². The van der Waals surface area contributed by atoms with E-state index in [1.807, 2.05) is 56.3 Å². The largest absolute Gasteiger partial charge is 0.488 e. The van der Waals surface area contributed by atoms with E-state index >= 15 is 0 Å². The van der Waals surface area contributed by atoms with Crippen molar-refractivity contribution in [2.24, 2.45) is 0 Å². The molecule has 0 fully saturated rings. The fraction of sp³-hybridized carbons (Fsp3) is 0.182. The van der Waals surface area contributed by atoms with E-state index in [1.165, 1.54) is 0 Å². The van der Waals surface area contributed by atoms with Gasteiger partial charge in [-0.3, -0.25) is 4.79 Å².